The Labute approximate surface area is 119 Å². The Morgan fingerprint density at radius 3 is 2.78 bits per heavy atom. The highest BCUT2D eigenvalue weighted by Gasteiger charge is 2.06. The molecular weight excluding hydrogens is 291 g/mol. The first kappa shape index (κ1) is 13.4. The largest absolute Gasteiger partial charge is 0.211 e. The summed E-state index contributed by atoms with van der Waals surface area (Å²) in [6.07, 6.45) is 3.58. The van der Waals surface area contributed by atoms with Crippen LogP contribution in [0.15, 0.2) is 28.5 Å². The first-order valence-corrected chi connectivity index (χ1v) is 7.05. The molecule has 0 atom stereocenters. The summed E-state index contributed by atoms with van der Waals surface area (Å²) in [6.45, 7) is 1.84. The predicted molar refractivity (Wildman–Crippen MR) is 76.0 cm³/mol. The molecule has 0 fully saturated rings. The quantitative estimate of drug-likeness (QED) is 0.644. The number of hydrogen-bond donors (Lipinski definition) is 0. The lowest BCUT2D eigenvalue weighted by Crippen LogP contribution is -1.96. The maximum absolute atomic E-state index is 6.06. The van der Waals surface area contributed by atoms with E-state index in [1.807, 2.05) is 19.2 Å². The average Bonchev–Trinajstić information content (AvgIpc) is 2.69. The van der Waals surface area contributed by atoms with Crippen LogP contribution in [0.25, 0.3) is 0 Å². The van der Waals surface area contributed by atoms with E-state index in [9.17, 15) is 0 Å². The van der Waals surface area contributed by atoms with E-state index in [1.54, 1.807) is 23.0 Å². The fourth-order valence-corrected chi connectivity index (χ4v) is 2.26. The van der Waals surface area contributed by atoms with Crippen molar-refractivity contribution < 1.29 is 0 Å². The van der Waals surface area contributed by atoms with Crippen molar-refractivity contribution in [1.82, 2.24) is 14.9 Å². The third-order valence-electron chi connectivity index (χ3n) is 2.23. The maximum Gasteiger partial charge on any atom is 0.211 e. The number of thioether (sulfide) groups is 1. The van der Waals surface area contributed by atoms with E-state index in [0.29, 0.717) is 10.0 Å². The van der Waals surface area contributed by atoms with Gasteiger partial charge in [0.25, 0.3) is 0 Å². The molecule has 2 rings (SSSR count). The van der Waals surface area contributed by atoms with Crippen LogP contribution < -0.4 is 0 Å². The van der Waals surface area contributed by atoms with Crippen LogP contribution in [-0.2, 0) is 0 Å². The van der Waals surface area contributed by atoms with Gasteiger partial charge in [0, 0.05) is 10.6 Å². The summed E-state index contributed by atoms with van der Waals surface area (Å²) in [6, 6.07) is 5.26. The van der Waals surface area contributed by atoms with E-state index in [-0.39, 0.29) is 0 Å². The molecular formula is C11H10Cl2N4S. The van der Waals surface area contributed by atoms with Gasteiger partial charge in [0.05, 0.1) is 11.2 Å². The number of rotatable bonds is 3. The SMILES string of the molecule is CSc1nnc(C)n1/N=C\c1ccc(Cl)cc1Cl. The number of hydrogen-bond acceptors (Lipinski definition) is 4. The van der Waals surface area contributed by atoms with Crippen LogP contribution in [0.5, 0.6) is 0 Å². The predicted octanol–water partition coefficient (Wildman–Crippen LogP) is 3.50. The molecule has 0 radical (unpaired) electrons. The molecule has 0 spiro atoms. The molecule has 0 aliphatic carbocycles. The summed E-state index contributed by atoms with van der Waals surface area (Å²) in [5.41, 5.74) is 0.793. The summed E-state index contributed by atoms with van der Waals surface area (Å²) >= 11 is 13.4. The van der Waals surface area contributed by atoms with Crippen molar-refractivity contribution in [3.05, 3.63) is 39.6 Å². The summed E-state index contributed by atoms with van der Waals surface area (Å²) in [4.78, 5) is 0. The second kappa shape index (κ2) is 5.73. The zero-order chi connectivity index (χ0) is 13.1. The van der Waals surface area contributed by atoms with E-state index in [1.165, 1.54) is 11.8 Å². The van der Waals surface area contributed by atoms with Crippen LogP contribution in [0.2, 0.25) is 10.0 Å². The van der Waals surface area contributed by atoms with Gasteiger partial charge in [-0.25, -0.2) is 0 Å². The molecule has 0 aliphatic rings. The normalized spacial score (nSPS) is 11.3. The lowest BCUT2D eigenvalue weighted by atomic mass is 10.2. The zero-order valence-corrected chi connectivity index (χ0v) is 12.1. The second-order valence-electron chi connectivity index (χ2n) is 3.46. The molecule has 0 aliphatic heterocycles. The van der Waals surface area contributed by atoms with Gasteiger partial charge in [-0.05, 0) is 25.3 Å². The minimum absolute atomic E-state index is 0.558. The molecule has 7 heteroatoms. The van der Waals surface area contributed by atoms with Gasteiger partial charge in [-0.3, -0.25) is 0 Å². The number of nitrogens with zero attached hydrogens (tertiary/aromatic N) is 4. The molecule has 2 aromatic rings. The zero-order valence-electron chi connectivity index (χ0n) is 9.76. The highest BCUT2D eigenvalue weighted by Crippen LogP contribution is 2.20. The van der Waals surface area contributed by atoms with Crippen LogP contribution in [0, 0.1) is 6.92 Å². The number of aryl methyl sites for hydroxylation is 1. The molecule has 0 saturated carbocycles. The number of halogens is 2. The van der Waals surface area contributed by atoms with Crippen molar-refractivity contribution >= 4 is 41.2 Å². The molecule has 0 amide bonds. The van der Waals surface area contributed by atoms with Crippen LogP contribution >= 0.6 is 35.0 Å². The third-order valence-corrected chi connectivity index (χ3v) is 3.41. The van der Waals surface area contributed by atoms with Gasteiger partial charge in [-0.15, -0.1) is 10.2 Å². The van der Waals surface area contributed by atoms with Gasteiger partial charge >= 0.3 is 0 Å². The maximum atomic E-state index is 6.06. The van der Waals surface area contributed by atoms with Gasteiger partial charge in [-0.1, -0.05) is 41.0 Å². The molecule has 4 nitrogen and oxygen atoms in total. The molecule has 1 aromatic carbocycles. The number of aromatic nitrogens is 3. The van der Waals surface area contributed by atoms with Crippen molar-refractivity contribution in [3.63, 3.8) is 0 Å². The summed E-state index contributed by atoms with van der Waals surface area (Å²) in [5, 5.41) is 14.2. The van der Waals surface area contributed by atoms with Crippen molar-refractivity contribution in [2.24, 2.45) is 5.10 Å². The standard InChI is InChI=1S/C11H10Cl2N4S/c1-7-15-16-11(18-2)17(7)14-6-8-3-4-9(12)5-10(8)13/h3-6H,1-2H3/b14-6-. The topological polar surface area (TPSA) is 43.1 Å². The lowest BCUT2D eigenvalue weighted by molar-refractivity contribution is 0.745. The van der Waals surface area contributed by atoms with Crippen LogP contribution in [0.4, 0.5) is 0 Å². The van der Waals surface area contributed by atoms with Gasteiger partial charge in [0.15, 0.2) is 5.82 Å². The van der Waals surface area contributed by atoms with Gasteiger partial charge in [-0.2, -0.15) is 9.78 Å². The Balaban J connectivity index is 2.32. The molecule has 18 heavy (non-hydrogen) atoms. The van der Waals surface area contributed by atoms with Gasteiger partial charge in [0.1, 0.15) is 0 Å². The van der Waals surface area contributed by atoms with E-state index in [2.05, 4.69) is 15.3 Å². The van der Waals surface area contributed by atoms with E-state index < -0.39 is 0 Å². The third kappa shape index (κ3) is 2.85. The van der Waals surface area contributed by atoms with Crippen molar-refractivity contribution in [3.8, 4) is 0 Å². The van der Waals surface area contributed by atoms with Crippen LogP contribution in [-0.4, -0.2) is 27.3 Å². The second-order valence-corrected chi connectivity index (χ2v) is 5.07. The lowest BCUT2D eigenvalue weighted by Gasteiger charge is -2.00. The summed E-state index contributed by atoms with van der Waals surface area (Å²) in [5.74, 6) is 0.723. The highest BCUT2D eigenvalue weighted by molar-refractivity contribution is 7.98. The van der Waals surface area contributed by atoms with Crippen LogP contribution in [0.3, 0.4) is 0 Å². The molecule has 0 unspecified atom stereocenters. The van der Waals surface area contributed by atoms with Crippen molar-refractivity contribution in [2.45, 2.75) is 12.1 Å². The molecule has 0 bridgehead atoms. The van der Waals surface area contributed by atoms with Crippen LogP contribution in [0.1, 0.15) is 11.4 Å². The van der Waals surface area contributed by atoms with E-state index in [4.69, 9.17) is 23.2 Å². The molecule has 1 aromatic heterocycles. The fraction of sp³-hybridized carbons (Fsp3) is 0.182. The average molecular weight is 301 g/mol. The van der Waals surface area contributed by atoms with Gasteiger partial charge in [0.2, 0.25) is 5.16 Å². The molecule has 0 N–H and O–H groups in total. The summed E-state index contributed by atoms with van der Waals surface area (Å²) < 4.78 is 1.66. The Morgan fingerprint density at radius 2 is 2.11 bits per heavy atom. The highest BCUT2D eigenvalue weighted by atomic mass is 35.5. The Hall–Kier alpha value is -1.04. The van der Waals surface area contributed by atoms with Crippen molar-refractivity contribution in [2.75, 3.05) is 6.26 Å². The molecule has 1 heterocycles. The summed E-state index contributed by atoms with van der Waals surface area (Å²) in [7, 11) is 0. The number of benzene rings is 1. The van der Waals surface area contributed by atoms with Gasteiger partial charge < -0.3 is 0 Å². The fourth-order valence-electron chi connectivity index (χ4n) is 1.32. The van der Waals surface area contributed by atoms with E-state index >= 15 is 0 Å². The molecule has 94 valence electrons. The smallest absolute Gasteiger partial charge is 0.192 e. The first-order chi connectivity index (χ1) is 8.61. The Bertz CT molecular complexity index is 595. The Kier molecular flexibility index (Phi) is 4.27. The minimum atomic E-state index is 0.558. The monoisotopic (exact) mass is 300 g/mol. The minimum Gasteiger partial charge on any atom is -0.192 e. The van der Waals surface area contributed by atoms with Crippen molar-refractivity contribution in [1.29, 1.82) is 0 Å². The van der Waals surface area contributed by atoms with E-state index in [0.717, 1.165) is 16.5 Å². The first-order valence-electron chi connectivity index (χ1n) is 5.07. The Morgan fingerprint density at radius 1 is 1.33 bits per heavy atom. The molecule has 0 saturated heterocycles.